The van der Waals surface area contributed by atoms with Crippen LogP contribution < -0.4 is 0 Å². The standard InChI is InChI=1S/C11H14N2O3/c14-11(15)5-10-12-6-9(7-13-10)8-1-3-16-4-2-8/h6-8H,1-5H2,(H,14,15). The summed E-state index contributed by atoms with van der Waals surface area (Å²) in [5, 5.41) is 8.59. The maximum absolute atomic E-state index is 10.5. The molecule has 0 bridgehead atoms. The molecular formula is C11H14N2O3. The SMILES string of the molecule is O=C(O)Cc1ncc(C2CCOCC2)cn1. The number of hydrogen-bond acceptors (Lipinski definition) is 4. The zero-order chi connectivity index (χ0) is 11.4. The Labute approximate surface area is 93.5 Å². The van der Waals surface area contributed by atoms with E-state index in [4.69, 9.17) is 9.84 Å². The number of nitrogens with zero attached hydrogens (tertiary/aromatic N) is 2. The summed E-state index contributed by atoms with van der Waals surface area (Å²) in [7, 11) is 0. The third-order valence-corrected chi connectivity index (χ3v) is 2.73. The van der Waals surface area contributed by atoms with Crippen LogP contribution in [0.15, 0.2) is 12.4 Å². The van der Waals surface area contributed by atoms with Gasteiger partial charge in [0.1, 0.15) is 12.2 Å². The molecule has 1 N–H and O–H groups in total. The molecule has 0 aliphatic carbocycles. The third kappa shape index (κ3) is 2.76. The Kier molecular flexibility index (Phi) is 3.46. The minimum atomic E-state index is -0.904. The number of carbonyl (C=O) groups is 1. The van der Waals surface area contributed by atoms with Gasteiger partial charge in [-0.3, -0.25) is 4.79 Å². The summed E-state index contributed by atoms with van der Waals surface area (Å²) in [6.45, 7) is 1.56. The van der Waals surface area contributed by atoms with Crippen molar-refractivity contribution in [2.45, 2.75) is 25.2 Å². The van der Waals surface area contributed by atoms with Gasteiger partial charge in [0.05, 0.1) is 0 Å². The molecule has 5 heteroatoms. The summed E-state index contributed by atoms with van der Waals surface area (Å²) in [6, 6.07) is 0. The van der Waals surface area contributed by atoms with Crippen molar-refractivity contribution < 1.29 is 14.6 Å². The summed E-state index contributed by atoms with van der Waals surface area (Å²) in [6.07, 6.45) is 5.33. The molecule has 0 aromatic carbocycles. The van der Waals surface area contributed by atoms with Crippen LogP contribution >= 0.6 is 0 Å². The lowest BCUT2D eigenvalue weighted by Crippen LogP contribution is -2.15. The van der Waals surface area contributed by atoms with E-state index in [0.717, 1.165) is 31.6 Å². The van der Waals surface area contributed by atoms with Crippen molar-refractivity contribution in [2.75, 3.05) is 13.2 Å². The van der Waals surface area contributed by atoms with Crippen LogP contribution in [0.5, 0.6) is 0 Å². The predicted molar refractivity (Wildman–Crippen MR) is 56.2 cm³/mol. The zero-order valence-electron chi connectivity index (χ0n) is 8.93. The summed E-state index contributed by atoms with van der Waals surface area (Å²) < 4.78 is 5.28. The Bertz CT molecular complexity index is 358. The van der Waals surface area contributed by atoms with Crippen LogP contribution in [0.4, 0.5) is 0 Å². The zero-order valence-corrected chi connectivity index (χ0v) is 8.93. The summed E-state index contributed by atoms with van der Waals surface area (Å²) in [5.41, 5.74) is 1.08. The second kappa shape index (κ2) is 5.03. The van der Waals surface area contributed by atoms with Crippen LogP contribution in [-0.4, -0.2) is 34.3 Å². The minimum Gasteiger partial charge on any atom is -0.481 e. The van der Waals surface area contributed by atoms with Gasteiger partial charge < -0.3 is 9.84 Å². The molecule has 0 atom stereocenters. The van der Waals surface area contributed by atoms with Crippen molar-refractivity contribution in [2.24, 2.45) is 0 Å². The van der Waals surface area contributed by atoms with E-state index in [1.165, 1.54) is 0 Å². The second-order valence-electron chi connectivity index (χ2n) is 3.89. The van der Waals surface area contributed by atoms with Gasteiger partial charge in [0.2, 0.25) is 0 Å². The number of hydrogen-bond donors (Lipinski definition) is 1. The van der Waals surface area contributed by atoms with Gasteiger partial charge in [0.15, 0.2) is 0 Å². The van der Waals surface area contributed by atoms with Crippen LogP contribution in [0.25, 0.3) is 0 Å². The number of carboxylic acids is 1. The highest BCUT2D eigenvalue weighted by Crippen LogP contribution is 2.25. The van der Waals surface area contributed by atoms with E-state index < -0.39 is 5.97 Å². The second-order valence-corrected chi connectivity index (χ2v) is 3.89. The van der Waals surface area contributed by atoms with E-state index in [0.29, 0.717) is 11.7 Å². The Morgan fingerprint density at radius 3 is 2.56 bits per heavy atom. The van der Waals surface area contributed by atoms with Crippen molar-refractivity contribution in [1.82, 2.24) is 9.97 Å². The van der Waals surface area contributed by atoms with Gasteiger partial charge in [-0.05, 0) is 24.3 Å². The summed E-state index contributed by atoms with van der Waals surface area (Å²) >= 11 is 0. The van der Waals surface area contributed by atoms with Crippen molar-refractivity contribution in [1.29, 1.82) is 0 Å². The third-order valence-electron chi connectivity index (χ3n) is 2.73. The normalized spacial score (nSPS) is 17.2. The first kappa shape index (κ1) is 11.0. The molecule has 1 saturated heterocycles. The topological polar surface area (TPSA) is 72.3 Å². The lowest BCUT2D eigenvalue weighted by Gasteiger charge is -2.21. The van der Waals surface area contributed by atoms with E-state index >= 15 is 0 Å². The van der Waals surface area contributed by atoms with Crippen molar-refractivity contribution in [3.05, 3.63) is 23.8 Å². The van der Waals surface area contributed by atoms with E-state index in [9.17, 15) is 4.79 Å². The van der Waals surface area contributed by atoms with Crippen LogP contribution in [0.2, 0.25) is 0 Å². The largest absolute Gasteiger partial charge is 0.481 e. The Morgan fingerprint density at radius 1 is 1.38 bits per heavy atom. The molecule has 1 fully saturated rings. The molecule has 5 nitrogen and oxygen atoms in total. The Balaban J connectivity index is 2.03. The lowest BCUT2D eigenvalue weighted by atomic mass is 9.94. The monoisotopic (exact) mass is 222 g/mol. The maximum Gasteiger partial charge on any atom is 0.311 e. The van der Waals surface area contributed by atoms with Crippen LogP contribution in [0, 0.1) is 0 Å². The highest BCUT2D eigenvalue weighted by atomic mass is 16.5. The molecule has 86 valence electrons. The van der Waals surface area contributed by atoms with E-state index in [1.54, 1.807) is 12.4 Å². The predicted octanol–water partition coefficient (Wildman–Crippen LogP) is 0.998. The molecule has 0 saturated carbocycles. The highest BCUT2D eigenvalue weighted by Gasteiger charge is 2.16. The molecule has 0 spiro atoms. The first-order chi connectivity index (χ1) is 7.75. The maximum atomic E-state index is 10.5. The van der Waals surface area contributed by atoms with E-state index in [1.807, 2.05) is 0 Å². The molecule has 1 aliphatic rings. The Hall–Kier alpha value is -1.49. The first-order valence-electron chi connectivity index (χ1n) is 5.36. The molecule has 0 unspecified atom stereocenters. The summed E-state index contributed by atoms with van der Waals surface area (Å²) in [5.74, 6) is -0.0882. The van der Waals surface area contributed by atoms with Gasteiger partial charge in [0, 0.05) is 25.6 Å². The van der Waals surface area contributed by atoms with Crippen molar-refractivity contribution in [3.8, 4) is 0 Å². The quantitative estimate of drug-likeness (QED) is 0.825. The van der Waals surface area contributed by atoms with Crippen molar-refractivity contribution >= 4 is 5.97 Å². The van der Waals surface area contributed by atoms with Gasteiger partial charge >= 0.3 is 5.97 Å². The molecule has 1 aliphatic heterocycles. The van der Waals surface area contributed by atoms with Gasteiger partial charge in [-0.25, -0.2) is 9.97 Å². The lowest BCUT2D eigenvalue weighted by molar-refractivity contribution is -0.136. The molecule has 2 heterocycles. The average molecular weight is 222 g/mol. The molecule has 16 heavy (non-hydrogen) atoms. The van der Waals surface area contributed by atoms with E-state index in [-0.39, 0.29) is 6.42 Å². The minimum absolute atomic E-state index is 0.117. The fourth-order valence-corrected chi connectivity index (χ4v) is 1.83. The molecule has 0 radical (unpaired) electrons. The van der Waals surface area contributed by atoms with Gasteiger partial charge in [-0.1, -0.05) is 0 Å². The average Bonchev–Trinajstić information content (AvgIpc) is 2.30. The summed E-state index contributed by atoms with van der Waals surface area (Å²) in [4.78, 5) is 18.6. The molecule has 1 aromatic rings. The smallest absolute Gasteiger partial charge is 0.311 e. The molecule has 2 rings (SSSR count). The van der Waals surface area contributed by atoms with E-state index in [2.05, 4.69) is 9.97 Å². The van der Waals surface area contributed by atoms with Gasteiger partial charge in [-0.2, -0.15) is 0 Å². The number of carboxylic acid groups (broad SMARTS) is 1. The molecule has 1 aromatic heterocycles. The molecular weight excluding hydrogens is 208 g/mol. The van der Waals surface area contributed by atoms with Crippen LogP contribution in [0.1, 0.15) is 30.1 Å². The van der Waals surface area contributed by atoms with Crippen LogP contribution in [-0.2, 0) is 16.0 Å². The fourth-order valence-electron chi connectivity index (χ4n) is 1.83. The first-order valence-corrected chi connectivity index (χ1v) is 5.36. The van der Waals surface area contributed by atoms with Crippen molar-refractivity contribution in [3.63, 3.8) is 0 Å². The van der Waals surface area contributed by atoms with Gasteiger partial charge in [-0.15, -0.1) is 0 Å². The number of ether oxygens (including phenoxy) is 1. The van der Waals surface area contributed by atoms with Crippen LogP contribution in [0.3, 0.4) is 0 Å². The number of aromatic nitrogens is 2. The number of rotatable bonds is 3. The van der Waals surface area contributed by atoms with Gasteiger partial charge in [0.25, 0.3) is 0 Å². The number of aliphatic carboxylic acids is 1. The fraction of sp³-hybridized carbons (Fsp3) is 0.545. The highest BCUT2D eigenvalue weighted by molar-refractivity contribution is 5.68. The molecule has 0 amide bonds. The Morgan fingerprint density at radius 2 is 2.00 bits per heavy atom.